The van der Waals surface area contributed by atoms with Gasteiger partial charge in [0.05, 0.1) is 0 Å². The fourth-order valence-corrected chi connectivity index (χ4v) is 0. The van der Waals surface area contributed by atoms with E-state index < -0.39 is 0 Å². The molecule has 0 unspecified atom stereocenters. The van der Waals surface area contributed by atoms with Crippen LogP contribution in [-0.2, 0) is 33.6 Å². The van der Waals surface area contributed by atoms with E-state index in [1.165, 1.54) is 0 Å². The molecule has 0 rings (SSSR count). The normalized spacial score (nSPS) is 0. The zero-order valence-corrected chi connectivity index (χ0v) is 4.34. The molecule has 0 amide bonds. The predicted octanol–water partition coefficient (Wildman–Crippen LogP) is -0.712. The van der Waals surface area contributed by atoms with Crippen LogP contribution in [0.3, 0.4) is 0 Å². The molecule has 1 radical (unpaired) electrons. The zero-order valence-electron chi connectivity index (χ0n) is 2.41. The average molecular weight is 190 g/mol. The maximum absolute atomic E-state index is 0. The van der Waals surface area contributed by atoms with E-state index >= 15 is 0 Å². The first-order chi connectivity index (χ1) is 0. The van der Waals surface area contributed by atoms with Crippen LogP contribution >= 0.6 is 0 Å². The molecule has 0 aliphatic rings. The monoisotopic (exact) mass is 189 g/mol. The fourth-order valence-electron chi connectivity index (χ4n) is 0. The molecule has 0 aliphatic carbocycles. The van der Waals surface area contributed by atoms with E-state index in [0.717, 1.165) is 0 Å². The minimum absolute atomic E-state index is 0. The van der Waals surface area contributed by atoms with E-state index in [0.29, 0.717) is 0 Å². The van der Waals surface area contributed by atoms with Crippen LogP contribution in [0.15, 0.2) is 0 Å². The average Bonchev–Trinajstić information content (AvgIpc) is 0. The van der Waals surface area contributed by atoms with Crippen molar-refractivity contribution in [2.45, 2.75) is 0 Å². The molecule has 4 nitrogen and oxygen atoms in total. The summed E-state index contributed by atoms with van der Waals surface area (Å²) in [5.41, 5.74) is 0. The first-order valence-corrected chi connectivity index (χ1v) is 0. The Kier molecular flexibility index (Phi) is 10200. The number of rotatable bonds is 0. The Hall–Kier alpha value is 0.853. The second-order valence-corrected chi connectivity index (χ2v) is 0. The summed E-state index contributed by atoms with van der Waals surface area (Å²) >= 11 is 0. The third kappa shape index (κ3) is 99.0. The summed E-state index contributed by atoms with van der Waals surface area (Å²) in [6.07, 6.45) is 0. The summed E-state index contributed by atoms with van der Waals surface area (Å²) < 4.78 is 0. The smallest absolute Gasteiger partial charge is 0.870 e. The van der Waals surface area contributed by atoms with Crippen molar-refractivity contribution >= 4 is 0 Å². The molecule has 0 aliphatic heterocycles. The Morgan fingerprint density at radius 3 is 0.500 bits per heavy atom. The van der Waals surface area contributed by atoms with Crippen LogP contribution in [0.2, 0.25) is 0 Å². The Morgan fingerprint density at radius 1 is 0.500 bits per heavy atom. The van der Waals surface area contributed by atoms with Gasteiger partial charge in [-0.15, -0.1) is 0 Å². The van der Waals surface area contributed by atoms with Gasteiger partial charge in [-0.3, -0.25) is 0 Å². The molecule has 0 spiro atoms. The third-order valence-electron chi connectivity index (χ3n) is 0. The van der Waals surface area contributed by atoms with Crippen LogP contribution in [0, 0.1) is 0 Å². The van der Waals surface area contributed by atoms with Crippen LogP contribution in [0.1, 0.15) is 0 Å². The van der Waals surface area contributed by atoms with Gasteiger partial charge in [-0.25, -0.2) is 0 Å². The molecule has 0 aromatic heterocycles. The Bertz CT molecular complexity index is 7.51. The van der Waals surface area contributed by atoms with E-state index in [1.807, 2.05) is 0 Å². The van der Waals surface area contributed by atoms with Crippen LogP contribution in [0.4, 0.5) is 0 Å². The molecule has 0 aromatic carbocycles. The van der Waals surface area contributed by atoms with Crippen LogP contribution < -0.4 is 0 Å². The molecule has 6 heteroatoms. The van der Waals surface area contributed by atoms with Gasteiger partial charge in [-0.1, -0.05) is 0 Å². The molecule has 0 heterocycles. The molecule has 0 fully saturated rings. The van der Waals surface area contributed by atoms with Crippen molar-refractivity contribution in [3.05, 3.63) is 0 Å². The van der Waals surface area contributed by atoms with E-state index in [2.05, 4.69) is 0 Å². The van der Waals surface area contributed by atoms with Crippen molar-refractivity contribution in [1.82, 2.24) is 0 Å². The fraction of sp³-hybridized carbons (Fsp3) is 0. The largest absolute Gasteiger partial charge is 2.00 e. The summed E-state index contributed by atoms with van der Waals surface area (Å²) in [7, 11) is 0. The van der Waals surface area contributed by atoms with Crippen LogP contribution in [0.25, 0.3) is 0 Å². The first kappa shape index (κ1) is 323. The molecule has 4 N–H and O–H groups in total. The standard InChI is InChI=1S/Cu.Ni.4H2O/h;;4*1H2/q2*+2;;;;/p-4. The van der Waals surface area contributed by atoms with Crippen molar-refractivity contribution in [2.24, 2.45) is 0 Å². The van der Waals surface area contributed by atoms with Gasteiger partial charge in [0.25, 0.3) is 0 Å². The van der Waals surface area contributed by atoms with Gasteiger partial charge < -0.3 is 21.9 Å². The zero-order chi connectivity index (χ0) is 0. The molecule has 49 valence electrons. The number of hydrogen-bond donors (Lipinski definition) is 0. The minimum atomic E-state index is 0. The second kappa shape index (κ2) is 189. The first-order valence-electron chi connectivity index (χ1n) is 0. The van der Waals surface area contributed by atoms with Gasteiger partial charge in [-0.05, 0) is 0 Å². The summed E-state index contributed by atoms with van der Waals surface area (Å²) in [6, 6.07) is 0. The van der Waals surface area contributed by atoms with Crippen molar-refractivity contribution in [1.29, 1.82) is 0 Å². The van der Waals surface area contributed by atoms with Crippen molar-refractivity contribution < 1.29 is 55.5 Å². The summed E-state index contributed by atoms with van der Waals surface area (Å²) in [6.45, 7) is 0. The molecule has 6 heavy (non-hydrogen) atoms. The molecule has 0 atom stereocenters. The maximum Gasteiger partial charge on any atom is 2.00 e. The van der Waals surface area contributed by atoms with Crippen molar-refractivity contribution in [3.8, 4) is 0 Å². The summed E-state index contributed by atoms with van der Waals surface area (Å²) in [5.74, 6) is 0. The van der Waals surface area contributed by atoms with E-state index in [4.69, 9.17) is 0 Å². The molecule has 0 aromatic rings. The van der Waals surface area contributed by atoms with Gasteiger partial charge in [0.2, 0.25) is 0 Å². The number of hydrogen-bond acceptors (Lipinski definition) is 4. The molecular weight excluding hydrogens is 186 g/mol. The molecule has 0 saturated carbocycles. The van der Waals surface area contributed by atoms with Crippen LogP contribution in [0.5, 0.6) is 0 Å². The maximum atomic E-state index is 0. The molecular formula is H4CuNiO4. The van der Waals surface area contributed by atoms with Gasteiger partial charge in [0.15, 0.2) is 0 Å². The molecule has 0 saturated heterocycles. The van der Waals surface area contributed by atoms with Crippen molar-refractivity contribution in [2.75, 3.05) is 0 Å². The van der Waals surface area contributed by atoms with E-state index in [1.54, 1.807) is 0 Å². The van der Waals surface area contributed by atoms with Gasteiger partial charge in [0.1, 0.15) is 0 Å². The summed E-state index contributed by atoms with van der Waals surface area (Å²) in [4.78, 5) is 0. The Morgan fingerprint density at radius 2 is 0.500 bits per heavy atom. The predicted molar refractivity (Wildman–Crippen MR) is 7.74 cm³/mol. The second-order valence-electron chi connectivity index (χ2n) is 0. The van der Waals surface area contributed by atoms with Gasteiger partial charge in [0, 0.05) is 0 Å². The van der Waals surface area contributed by atoms with Gasteiger partial charge >= 0.3 is 33.6 Å². The molecule has 0 bridgehead atoms. The van der Waals surface area contributed by atoms with E-state index in [-0.39, 0.29) is 55.5 Å². The summed E-state index contributed by atoms with van der Waals surface area (Å²) in [5, 5.41) is 0. The van der Waals surface area contributed by atoms with Crippen molar-refractivity contribution in [3.63, 3.8) is 0 Å². The Labute approximate surface area is 55.9 Å². The third-order valence-corrected chi connectivity index (χ3v) is 0. The Balaban J connectivity index is 0. The SMILES string of the molecule is [Cu+2].[Ni+2].[OH-].[OH-].[OH-].[OH-]. The van der Waals surface area contributed by atoms with Crippen LogP contribution in [-0.4, -0.2) is 21.9 Å². The van der Waals surface area contributed by atoms with Gasteiger partial charge in [-0.2, -0.15) is 0 Å². The quantitative estimate of drug-likeness (QED) is 0.468. The minimum Gasteiger partial charge on any atom is -0.870 e. The topological polar surface area (TPSA) is 120 Å². The van der Waals surface area contributed by atoms with E-state index in [9.17, 15) is 0 Å².